The Kier molecular flexibility index (Phi) is 5.66. The van der Waals surface area contributed by atoms with Gasteiger partial charge in [0.1, 0.15) is 5.76 Å². The fourth-order valence-electron chi connectivity index (χ4n) is 3.80. The molecule has 0 saturated heterocycles. The third kappa shape index (κ3) is 3.03. The van der Waals surface area contributed by atoms with Gasteiger partial charge < -0.3 is 14.7 Å². The number of aliphatic hydroxyl groups excluding tert-OH is 1. The van der Waals surface area contributed by atoms with E-state index in [-0.39, 0.29) is 30.1 Å². The van der Waals surface area contributed by atoms with E-state index in [0.717, 1.165) is 12.8 Å². The molecule has 1 fully saturated rings. The van der Waals surface area contributed by atoms with Gasteiger partial charge in [-0.1, -0.05) is 30.8 Å². The predicted octanol–water partition coefficient (Wildman–Crippen LogP) is 2.54. The molecule has 2 aliphatic rings. The molecule has 0 bridgehead atoms. The maximum absolute atomic E-state index is 12.7. The largest absolute Gasteiger partial charge is 0.511 e. The number of ketones is 1. The minimum atomic E-state index is -0.948. The Morgan fingerprint density at radius 3 is 2.92 bits per heavy atom. The van der Waals surface area contributed by atoms with Crippen LogP contribution < -0.4 is 0 Å². The first-order chi connectivity index (χ1) is 11.5. The van der Waals surface area contributed by atoms with Gasteiger partial charge in [-0.3, -0.25) is 9.59 Å². The predicted molar refractivity (Wildman–Crippen MR) is 88.2 cm³/mol. The summed E-state index contributed by atoms with van der Waals surface area (Å²) in [5.41, 5.74) is -0.378. The lowest BCUT2D eigenvalue weighted by Gasteiger charge is -2.36. The molecule has 2 atom stereocenters. The van der Waals surface area contributed by atoms with Crippen LogP contribution in [0, 0.1) is 23.7 Å². The molecule has 24 heavy (non-hydrogen) atoms. The van der Waals surface area contributed by atoms with Crippen LogP contribution in [0.1, 0.15) is 45.4 Å². The summed E-state index contributed by atoms with van der Waals surface area (Å²) in [6.07, 6.45) is 8.32. The Bertz CT molecular complexity index is 628. The van der Waals surface area contributed by atoms with Crippen molar-refractivity contribution in [2.45, 2.75) is 45.4 Å². The molecule has 0 aromatic carbocycles. The van der Waals surface area contributed by atoms with E-state index in [1.54, 1.807) is 0 Å². The summed E-state index contributed by atoms with van der Waals surface area (Å²) in [6.45, 7) is 1.93. The molecular formula is C18H23NO5. The Balaban J connectivity index is 2.45. The molecule has 0 aromatic rings. The lowest BCUT2D eigenvalue weighted by molar-refractivity contribution is -0.158. The fourth-order valence-corrected chi connectivity index (χ4v) is 3.80. The van der Waals surface area contributed by atoms with Gasteiger partial charge in [0.05, 0.1) is 23.8 Å². The first kappa shape index (κ1) is 18.1. The van der Waals surface area contributed by atoms with Crippen LogP contribution in [-0.2, 0) is 19.2 Å². The first-order valence-corrected chi connectivity index (χ1v) is 8.19. The van der Waals surface area contributed by atoms with Crippen molar-refractivity contribution in [3.05, 3.63) is 11.3 Å². The highest BCUT2D eigenvalue weighted by molar-refractivity contribution is 6.24. The van der Waals surface area contributed by atoms with E-state index >= 15 is 0 Å². The zero-order chi connectivity index (χ0) is 17.7. The number of ether oxygens (including phenoxy) is 1. The van der Waals surface area contributed by atoms with Crippen LogP contribution in [0.15, 0.2) is 16.5 Å². The van der Waals surface area contributed by atoms with Crippen molar-refractivity contribution in [3.63, 3.8) is 0 Å². The highest BCUT2D eigenvalue weighted by atomic mass is 16.6. The number of fused-ring (bicyclic) bond motifs is 1. The van der Waals surface area contributed by atoms with Crippen LogP contribution in [0.5, 0.6) is 0 Å². The van der Waals surface area contributed by atoms with Crippen molar-refractivity contribution in [2.75, 3.05) is 13.7 Å². The molecule has 2 aliphatic carbocycles. The molecule has 0 amide bonds. The number of terminal acetylenes is 1. The normalized spacial score (nSPS) is 26.8. The monoisotopic (exact) mass is 333 g/mol. The number of rotatable bonds is 6. The second-order valence-electron chi connectivity index (χ2n) is 6.22. The fraction of sp³-hybridized carbons (Fsp3) is 0.611. The molecule has 2 rings (SSSR count). The average Bonchev–Trinajstić information content (AvgIpc) is 2.99. The zero-order valence-corrected chi connectivity index (χ0v) is 14.1. The van der Waals surface area contributed by atoms with Gasteiger partial charge in [0.25, 0.3) is 0 Å². The van der Waals surface area contributed by atoms with E-state index in [9.17, 15) is 14.7 Å². The van der Waals surface area contributed by atoms with E-state index in [2.05, 4.69) is 11.1 Å². The molecule has 0 heterocycles. The number of carbonyl (C=O) groups excluding carboxylic acids is 2. The number of aliphatic hydroxyl groups is 1. The molecular weight excluding hydrogens is 310 g/mol. The Hall–Kier alpha value is -2.29. The number of carbonyl (C=O) groups is 2. The lowest BCUT2D eigenvalue weighted by atomic mass is 9.67. The Morgan fingerprint density at radius 1 is 1.54 bits per heavy atom. The molecule has 2 unspecified atom stereocenters. The van der Waals surface area contributed by atoms with Gasteiger partial charge in [-0.2, -0.15) is 0 Å². The third-order valence-corrected chi connectivity index (χ3v) is 4.81. The summed E-state index contributed by atoms with van der Waals surface area (Å²) in [7, 11) is 1.31. The summed E-state index contributed by atoms with van der Waals surface area (Å²) in [6, 6.07) is 0. The number of hydrogen-bond donors (Lipinski definition) is 1. The van der Waals surface area contributed by atoms with Crippen LogP contribution >= 0.6 is 0 Å². The quantitative estimate of drug-likeness (QED) is 0.265. The number of nitrogens with zero attached hydrogens (tertiary/aromatic N) is 1. The Labute approximate surface area is 141 Å². The number of methoxy groups -OCH3 is 1. The van der Waals surface area contributed by atoms with Crippen molar-refractivity contribution in [1.29, 1.82) is 0 Å². The number of oxime groups is 1. The molecule has 1 saturated carbocycles. The topological polar surface area (TPSA) is 85.2 Å². The van der Waals surface area contributed by atoms with Gasteiger partial charge >= 0.3 is 5.97 Å². The van der Waals surface area contributed by atoms with Crippen molar-refractivity contribution in [1.82, 2.24) is 0 Å². The van der Waals surface area contributed by atoms with Crippen LogP contribution in [0.4, 0.5) is 0 Å². The highest BCUT2D eigenvalue weighted by Gasteiger charge is 2.56. The van der Waals surface area contributed by atoms with Crippen molar-refractivity contribution >= 4 is 17.5 Å². The van der Waals surface area contributed by atoms with Gasteiger partial charge in [0, 0.05) is 12.3 Å². The Morgan fingerprint density at radius 2 is 2.29 bits per heavy atom. The number of hydrogen-bond acceptors (Lipinski definition) is 6. The van der Waals surface area contributed by atoms with E-state index in [1.807, 2.05) is 6.92 Å². The SMILES string of the molecule is C#CCON=C(CCC)C1=C(O)C2CCCC2(C(=O)OC)CC1=O. The number of Topliss-reactive ketones (excluding diaryl/α,β-unsaturated/α-hetero) is 1. The van der Waals surface area contributed by atoms with Gasteiger partial charge in [0.2, 0.25) is 0 Å². The first-order valence-electron chi connectivity index (χ1n) is 8.19. The second kappa shape index (κ2) is 7.52. The van der Waals surface area contributed by atoms with E-state index in [4.69, 9.17) is 16.0 Å². The van der Waals surface area contributed by atoms with Crippen LogP contribution in [-0.4, -0.2) is 36.3 Å². The molecule has 130 valence electrons. The van der Waals surface area contributed by atoms with Crippen LogP contribution in [0.3, 0.4) is 0 Å². The maximum atomic E-state index is 12.7. The van der Waals surface area contributed by atoms with Gasteiger partial charge in [0.15, 0.2) is 12.4 Å². The van der Waals surface area contributed by atoms with Crippen molar-refractivity contribution in [3.8, 4) is 12.3 Å². The number of esters is 1. The average molecular weight is 333 g/mol. The molecule has 6 heteroatoms. The maximum Gasteiger partial charge on any atom is 0.313 e. The summed E-state index contributed by atoms with van der Waals surface area (Å²) in [5, 5.41) is 14.7. The second-order valence-corrected chi connectivity index (χ2v) is 6.22. The van der Waals surface area contributed by atoms with E-state index < -0.39 is 17.3 Å². The molecule has 6 nitrogen and oxygen atoms in total. The molecule has 0 radical (unpaired) electrons. The molecule has 1 N–H and O–H groups in total. The van der Waals surface area contributed by atoms with Crippen LogP contribution in [0.2, 0.25) is 0 Å². The highest BCUT2D eigenvalue weighted by Crippen LogP contribution is 2.53. The van der Waals surface area contributed by atoms with E-state index in [1.165, 1.54) is 7.11 Å². The summed E-state index contributed by atoms with van der Waals surface area (Å²) >= 11 is 0. The third-order valence-electron chi connectivity index (χ3n) is 4.81. The smallest absolute Gasteiger partial charge is 0.313 e. The summed E-state index contributed by atoms with van der Waals surface area (Å²) < 4.78 is 4.91. The minimum Gasteiger partial charge on any atom is -0.511 e. The molecule has 0 spiro atoms. The number of allylic oxidation sites excluding steroid dienone is 2. The van der Waals surface area contributed by atoms with Crippen molar-refractivity contribution < 1.29 is 24.3 Å². The van der Waals surface area contributed by atoms with E-state index in [0.29, 0.717) is 25.0 Å². The van der Waals surface area contributed by atoms with Crippen LogP contribution in [0.25, 0.3) is 0 Å². The lowest BCUT2D eigenvalue weighted by Crippen LogP contribution is -2.44. The molecule has 0 aromatic heterocycles. The minimum absolute atomic E-state index is 0.00895. The van der Waals surface area contributed by atoms with Gasteiger partial charge in [-0.15, -0.1) is 6.42 Å². The summed E-state index contributed by atoms with van der Waals surface area (Å²) in [5.74, 6) is 1.10. The van der Waals surface area contributed by atoms with Crippen molar-refractivity contribution in [2.24, 2.45) is 16.5 Å². The van der Waals surface area contributed by atoms with Gasteiger partial charge in [-0.05, 0) is 19.3 Å². The zero-order valence-electron chi connectivity index (χ0n) is 14.1. The van der Waals surface area contributed by atoms with Gasteiger partial charge in [-0.25, -0.2) is 0 Å². The summed E-state index contributed by atoms with van der Waals surface area (Å²) in [4.78, 5) is 30.0. The molecule has 0 aliphatic heterocycles. The standard InChI is InChI=1S/C18H23NO5/c1-4-7-13(19-24-10-5-2)15-14(20)11-18(17(22)23-3)9-6-8-12(18)16(15)21/h2,12,21H,4,6-11H2,1,3H3.